The van der Waals surface area contributed by atoms with Gasteiger partial charge in [-0.3, -0.25) is 9.59 Å². The Morgan fingerprint density at radius 1 is 1.22 bits per heavy atom. The Labute approximate surface area is 162 Å². The first kappa shape index (κ1) is 18.5. The minimum absolute atomic E-state index is 0.0485. The van der Waals surface area contributed by atoms with Gasteiger partial charge in [0.25, 0.3) is 0 Å². The van der Waals surface area contributed by atoms with Crippen molar-refractivity contribution < 1.29 is 9.59 Å². The Morgan fingerprint density at radius 2 is 1.89 bits per heavy atom. The monoisotopic (exact) mass is 368 g/mol. The normalized spacial score (nSPS) is 29.5. The number of rotatable bonds is 4. The van der Waals surface area contributed by atoms with E-state index in [1.807, 2.05) is 0 Å². The van der Waals surface area contributed by atoms with E-state index in [4.69, 9.17) is 0 Å². The molecule has 1 saturated carbocycles. The Kier molecular flexibility index (Phi) is 5.00. The maximum Gasteiger partial charge on any atom is 0.225 e. The minimum Gasteiger partial charge on any atom is -0.351 e. The molecule has 3 fully saturated rings. The van der Waals surface area contributed by atoms with Crippen LogP contribution in [0.4, 0.5) is 0 Å². The third kappa shape index (κ3) is 3.63. The molecule has 3 aliphatic rings. The minimum atomic E-state index is -0.0485. The lowest BCUT2D eigenvalue weighted by atomic mass is 9.67. The molecule has 1 aliphatic carbocycles. The average Bonchev–Trinajstić information content (AvgIpc) is 3.08. The smallest absolute Gasteiger partial charge is 0.225 e. The molecule has 146 valence electrons. The predicted molar refractivity (Wildman–Crippen MR) is 107 cm³/mol. The summed E-state index contributed by atoms with van der Waals surface area (Å²) < 4.78 is 0. The summed E-state index contributed by atoms with van der Waals surface area (Å²) in [6, 6.07) is 9.15. The fourth-order valence-electron chi connectivity index (χ4n) is 5.16. The highest BCUT2D eigenvalue weighted by Gasteiger charge is 2.51. The van der Waals surface area contributed by atoms with E-state index in [2.05, 4.69) is 48.3 Å². The van der Waals surface area contributed by atoms with Gasteiger partial charge in [0, 0.05) is 31.0 Å². The van der Waals surface area contributed by atoms with Crippen LogP contribution in [0.25, 0.3) is 0 Å². The molecule has 1 unspecified atom stereocenters. The van der Waals surface area contributed by atoms with Gasteiger partial charge in [0.2, 0.25) is 11.8 Å². The highest BCUT2D eigenvalue weighted by Crippen LogP contribution is 2.45. The van der Waals surface area contributed by atoms with Crippen molar-refractivity contribution in [1.82, 2.24) is 10.2 Å². The first-order valence-corrected chi connectivity index (χ1v) is 10.7. The molecule has 2 amide bonds. The van der Waals surface area contributed by atoms with E-state index < -0.39 is 0 Å². The fraction of sp³-hybridized carbons (Fsp3) is 0.652. The lowest BCUT2D eigenvalue weighted by Gasteiger charge is -2.46. The number of hydrogen-bond donors (Lipinski definition) is 1. The van der Waals surface area contributed by atoms with Gasteiger partial charge < -0.3 is 10.2 Å². The van der Waals surface area contributed by atoms with Gasteiger partial charge in [-0.2, -0.15) is 0 Å². The first-order chi connectivity index (χ1) is 13.0. The zero-order valence-electron chi connectivity index (χ0n) is 16.7. The number of hydrogen-bond acceptors (Lipinski definition) is 2. The van der Waals surface area contributed by atoms with Crippen molar-refractivity contribution in [3.05, 3.63) is 35.4 Å². The van der Waals surface area contributed by atoms with Crippen molar-refractivity contribution in [3.8, 4) is 0 Å². The van der Waals surface area contributed by atoms with E-state index in [1.165, 1.54) is 17.5 Å². The van der Waals surface area contributed by atoms with Crippen LogP contribution in [-0.2, 0) is 9.59 Å². The summed E-state index contributed by atoms with van der Waals surface area (Å²) in [5, 5.41) is 3.09. The number of likely N-dealkylation sites (tertiary alicyclic amines) is 1. The van der Waals surface area contributed by atoms with Crippen LogP contribution in [-0.4, -0.2) is 35.3 Å². The van der Waals surface area contributed by atoms with Crippen LogP contribution in [0.1, 0.15) is 81.8 Å². The zero-order valence-corrected chi connectivity index (χ0v) is 16.7. The fourth-order valence-corrected chi connectivity index (χ4v) is 5.16. The largest absolute Gasteiger partial charge is 0.351 e. The summed E-state index contributed by atoms with van der Waals surface area (Å²) in [7, 11) is 0. The summed E-state index contributed by atoms with van der Waals surface area (Å²) in [4.78, 5) is 26.3. The number of nitrogens with one attached hydrogen (secondary N) is 1. The number of piperidine rings is 1. The molecule has 0 aromatic heterocycles. The molecular weight excluding hydrogens is 336 g/mol. The molecule has 0 bridgehead atoms. The van der Waals surface area contributed by atoms with Crippen molar-refractivity contribution in [2.45, 2.75) is 76.2 Å². The molecule has 1 spiro atoms. The van der Waals surface area contributed by atoms with E-state index in [0.717, 1.165) is 45.2 Å². The topological polar surface area (TPSA) is 49.4 Å². The third-order valence-corrected chi connectivity index (χ3v) is 7.25. The van der Waals surface area contributed by atoms with E-state index in [0.29, 0.717) is 24.2 Å². The second-order valence-corrected chi connectivity index (χ2v) is 9.01. The standard InChI is InChI=1S/C23H32N2O2/c1-3-16(2)17-4-6-18(7-5-17)19-9-12-25(13-10-19)22(27)20-14-23(15-20)11-8-21(26)24-23/h4-7,16,19-20H,3,8-15H2,1-2H3,(H,24,26). The molecule has 1 aromatic carbocycles. The van der Waals surface area contributed by atoms with Crippen molar-refractivity contribution >= 4 is 11.8 Å². The molecule has 1 atom stereocenters. The van der Waals surface area contributed by atoms with Crippen LogP contribution in [0, 0.1) is 5.92 Å². The second-order valence-electron chi connectivity index (χ2n) is 9.01. The van der Waals surface area contributed by atoms with Crippen LogP contribution < -0.4 is 5.32 Å². The predicted octanol–water partition coefficient (Wildman–Crippen LogP) is 3.96. The van der Waals surface area contributed by atoms with Gasteiger partial charge in [-0.15, -0.1) is 0 Å². The van der Waals surface area contributed by atoms with Gasteiger partial charge in [0.1, 0.15) is 0 Å². The van der Waals surface area contributed by atoms with Crippen LogP contribution in [0.3, 0.4) is 0 Å². The van der Waals surface area contributed by atoms with Crippen LogP contribution >= 0.6 is 0 Å². The van der Waals surface area contributed by atoms with Gasteiger partial charge in [0.05, 0.1) is 0 Å². The van der Waals surface area contributed by atoms with E-state index in [1.54, 1.807) is 0 Å². The number of nitrogens with zero attached hydrogens (tertiary/aromatic N) is 1. The van der Waals surface area contributed by atoms with Gasteiger partial charge >= 0.3 is 0 Å². The summed E-state index contributed by atoms with van der Waals surface area (Å²) in [5.41, 5.74) is 2.80. The average molecular weight is 369 g/mol. The maximum absolute atomic E-state index is 12.8. The SMILES string of the molecule is CCC(C)c1ccc(C2CCN(C(=O)C3CC4(CCC(=O)N4)C3)CC2)cc1. The Morgan fingerprint density at radius 3 is 2.44 bits per heavy atom. The second kappa shape index (κ2) is 7.29. The Hall–Kier alpha value is -1.84. The van der Waals surface area contributed by atoms with Gasteiger partial charge in [-0.25, -0.2) is 0 Å². The molecule has 2 aliphatic heterocycles. The number of carbonyl (C=O) groups excluding carboxylic acids is 2. The Bertz CT molecular complexity index is 698. The summed E-state index contributed by atoms with van der Waals surface area (Å²) in [6.45, 7) is 6.25. The van der Waals surface area contributed by atoms with Crippen molar-refractivity contribution in [2.75, 3.05) is 13.1 Å². The van der Waals surface area contributed by atoms with Crippen LogP contribution in [0.15, 0.2) is 24.3 Å². The van der Waals surface area contributed by atoms with Crippen molar-refractivity contribution in [2.24, 2.45) is 5.92 Å². The summed E-state index contributed by atoms with van der Waals surface area (Å²) >= 11 is 0. The maximum atomic E-state index is 12.8. The molecule has 4 heteroatoms. The number of carbonyl (C=O) groups is 2. The van der Waals surface area contributed by atoms with Gasteiger partial charge in [-0.05, 0) is 61.5 Å². The molecule has 2 heterocycles. The zero-order chi connectivity index (χ0) is 19.0. The van der Waals surface area contributed by atoms with E-state index in [9.17, 15) is 9.59 Å². The quantitative estimate of drug-likeness (QED) is 0.874. The third-order valence-electron chi connectivity index (χ3n) is 7.25. The summed E-state index contributed by atoms with van der Waals surface area (Å²) in [6.07, 6.45) is 6.51. The molecule has 2 saturated heterocycles. The van der Waals surface area contributed by atoms with Gasteiger partial charge in [0.15, 0.2) is 0 Å². The highest BCUT2D eigenvalue weighted by atomic mass is 16.2. The Balaban J connectivity index is 1.28. The molecule has 1 N–H and O–H groups in total. The molecular formula is C23H32N2O2. The first-order valence-electron chi connectivity index (χ1n) is 10.7. The molecule has 4 nitrogen and oxygen atoms in total. The lowest BCUT2D eigenvalue weighted by Crippen LogP contribution is -2.57. The van der Waals surface area contributed by atoms with Gasteiger partial charge in [-0.1, -0.05) is 38.1 Å². The molecule has 4 rings (SSSR count). The number of amides is 2. The molecule has 1 aromatic rings. The molecule has 0 radical (unpaired) electrons. The van der Waals surface area contributed by atoms with E-state index in [-0.39, 0.29) is 17.4 Å². The lowest BCUT2D eigenvalue weighted by molar-refractivity contribution is -0.142. The van der Waals surface area contributed by atoms with Crippen molar-refractivity contribution in [3.63, 3.8) is 0 Å². The molecule has 27 heavy (non-hydrogen) atoms. The number of benzene rings is 1. The van der Waals surface area contributed by atoms with Crippen LogP contribution in [0.2, 0.25) is 0 Å². The van der Waals surface area contributed by atoms with E-state index >= 15 is 0 Å². The summed E-state index contributed by atoms with van der Waals surface area (Å²) in [5.74, 6) is 1.78. The van der Waals surface area contributed by atoms with Crippen LogP contribution in [0.5, 0.6) is 0 Å². The van der Waals surface area contributed by atoms with Crippen molar-refractivity contribution in [1.29, 1.82) is 0 Å². The highest BCUT2D eigenvalue weighted by molar-refractivity contribution is 5.83.